The van der Waals surface area contributed by atoms with Gasteiger partial charge in [0, 0.05) is 32.7 Å². The van der Waals surface area contributed by atoms with Crippen LogP contribution in [0.4, 0.5) is 0 Å². The van der Waals surface area contributed by atoms with Gasteiger partial charge in [-0.15, -0.1) is 32.7 Å². The standard InChI is InChI=1S/C43H59B9O12/c1-8-31-44(53)58-50(37-40-23-17-15-18-24-40)60-48(33-10-3)62-52(39-42-27-29-43(56-7)30-28-42)64-49(34-11-4)63-51(38-41-25-19-16-20-26-41)61-47(32-9-2)59-46(12-5)57-45(54)35-21-13-14-22-36-55-6/h5,8-11,15-21,23-30,35,53-54H,1-4,13-14,22,31-34,36-39H2,6-7H3. The molecule has 0 radical (unpaired) electrons. The number of allylic oxidation sites excluding steroid dienone is 5. The third kappa shape index (κ3) is 23.2. The topological polar surface area (TPSA) is 133 Å². The lowest BCUT2D eigenvalue weighted by Gasteiger charge is -2.28. The largest absolute Gasteiger partial charge is 0.522 e. The lowest BCUT2D eigenvalue weighted by molar-refractivity contribution is 0.193. The number of hydrogen-bond donors (Lipinski definition) is 2. The molecule has 12 nitrogen and oxygen atoms in total. The highest BCUT2D eigenvalue weighted by Gasteiger charge is 2.39. The average Bonchev–Trinajstić information content (AvgIpc) is 3.28. The number of hydrogen-bond acceptors (Lipinski definition) is 12. The zero-order valence-corrected chi connectivity index (χ0v) is 37.4. The molecule has 0 aromatic heterocycles. The van der Waals surface area contributed by atoms with E-state index in [4.69, 9.17) is 52.5 Å². The zero-order chi connectivity index (χ0) is 46.2. The van der Waals surface area contributed by atoms with Crippen molar-refractivity contribution in [2.24, 2.45) is 0 Å². The van der Waals surface area contributed by atoms with Crippen LogP contribution in [-0.2, 0) is 60.3 Å². The minimum absolute atomic E-state index is 0.196. The second-order valence-electron chi connectivity index (χ2n) is 14.5. The first-order chi connectivity index (χ1) is 31.2. The Hall–Kier alpha value is -4.14. The average molecular weight is 865 g/mol. The van der Waals surface area contributed by atoms with Crippen LogP contribution in [0.3, 0.4) is 0 Å². The van der Waals surface area contributed by atoms with E-state index in [1.54, 1.807) is 38.5 Å². The quantitative estimate of drug-likeness (QED) is 0.0278. The van der Waals surface area contributed by atoms with Gasteiger partial charge in [0.25, 0.3) is 0 Å². The van der Waals surface area contributed by atoms with E-state index >= 15 is 0 Å². The van der Waals surface area contributed by atoms with Crippen molar-refractivity contribution >= 4 is 64.1 Å². The maximum atomic E-state index is 10.6. The van der Waals surface area contributed by atoms with Crippen LogP contribution in [0.2, 0.25) is 25.3 Å². The summed E-state index contributed by atoms with van der Waals surface area (Å²) in [6, 6.07) is 26.8. The molecule has 0 unspecified atom stereocenters. The monoisotopic (exact) mass is 866 g/mol. The van der Waals surface area contributed by atoms with E-state index in [-0.39, 0.29) is 37.9 Å². The first-order valence-corrected chi connectivity index (χ1v) is 21.6. The molecule has 3 aromatic rings. The van der Waals surface area contributed by atoms with Crippen molar-refractivity contribution < 1.29 is 56.1 Å². The van der Waals surface area contributed by atoms with Crippen molar-refractivity contribution in [3.05, 3.63) is 164 Å². The van der Waals surface area contributed by atoms with E-state index < -0.39 is 64.1 Å². The van der Waals surface area contributed by atoms with Crippen molar-refractivity contribution in [2.45, 2.75) is 63.5 Å². The number of benzene rings is 3. The van der Waals surface area contributed by atoms with E-state index in [1.807, 2.05) is 91.0 Å². The van der Waals surface area contributed by atoms with Crippen LogP contribution in [0.25, 0.3) is 0 Å². The predicted molar refractivity (Wildman–Crippen MR) is 266 cm³/mol. The molecular formula is C43H59B9O12. The Morgan fingerprint density at radius 2 is 1.00 bits per heavy atom. The molecule has 0 bridgehead atoms. The van der Waals surface area contributed by atoms with E-state index in [1.165, 1.54) is 5.98 Å². The van der Waals surface area contributed by atoms with E-state index in [0.29, 0.717) is 18.7 Å². The molecule has 0 aliphatic heterocycles. The number of terminal acetylenes is 1. The summed E-state index contributed by atoms with van der Waals surface area (Å²) in [6.45, 7) is 16.2. The van der Waals surface area contributed by atoms with Gasteiger partial charge in [-0.05, 0) is 62.2 Å². The minimum atomic E-state index is -1.32. The zero-order valence-electron chi connectivity index (χ0n) is 37.4. The smallest absolute Gasteiger partial charge is 0.497 e. The predicted octanol–water partition coefficient (Wildman–Crippen LogP) is 6.68. The summed E-state index contributed by atoms with van der Waals surface area (Å²) in [5.74, 6) is 4.64. The SMILES string of the molecule is C#CB(OB(O)C=CCCCCOC)OB(CC=C)OB(Cc1ccccc1)OB(CC=C)OB(Cc1ccc(OC)cc1)OB(CC=C)OB(Cc1ccccc1)OB(O)CC=C. The normalized spacial score (nSPS) is 10.7. The molecule has 64 heavy (non-hydrogen) atoms. The van der Waals surface area contributed by atoms with Gasteiger partial charge >= 0.3 is 64.1 Å². The highest BCUT2D eigenvalue weighted by atomic mass is 16.7. The number of ether oxygens (including phenoxy) is 2. The van der Waals surface area contributed by atoms with Crippen LogP contribution in [-0.4, -0.2) is 94.9 Å². The van der Waals surface area contributed by atoms with Crippen molar-refractivity contribution in [2.75, 3.05) is 20.8 Å². The Morgan fingerprint density at radius 3 is 1.44 bits per heavy atom. The molecular weight excluding hydrogens is 806 g/mol. The summed E-state index contributed by atoms with van der Waals surface area (Å²) >= 11 is 0. The van der Waals surface area contributed by atoms with Crippen LogP contribution >= 0.6 is 0 Å². The van der Waals surface area contributed by atoms with Crippen molar-refractivity contribution in [3.63, 3.8) is 0 Å². The molecule has 0 heterocycles. The second-order valence-corrected chi connectivity index (χ2v) is 14.5. The van der Waals surface area contributed by atoms with Gasteiger partial charge in [0.15, 0.2) is 0 Å². The summed E-state index contributed by atoms with van der Waals surface area (Å²) in [4.78, 5) is 0. The molecule has 0 aliphatic carbocycles. The molecule has 0 spiro atoms. The highest BCUT2D eigenvalue weighted by molar-refractivity contribution is 6.75. The van der Waals surface area contributed by atoms with Crippen LogP contribution in [0, 0.1) is 12.2 Å². The van der Waals surface area contributed by atoms with E-state index in [9.17, 15) is 10.0 Å². The van der Waals surface area contributed by atoms with Crippen LogP contribution < -0.4 is 4.74 Å². The Morgan fingerprint density at radius 1 is 0.547 bits per heavy atom. The first kappa shape index (κ1) is 54.2. The Bertz CT molecular complexity index is 1800. The van der Waals surface area contributed by atoms with Gasteiger partial charge in [0.2, 0.25) is 0 Å². The van der Waals surface area contributed by atoms with Gasteiger partial charge in [0.1, 0.15) is 5.75 Å². The fourth-order valence-corrected chi connectivity index (χ4v) is 6.15. The minimum Gasteiger partial charge on any atom is -0.497 e. The number of unbranched alkanes of at least 4 members (excludes halogenated alkanes) is 2. The van der Waals surface area contributed by atoms with Gasteiger partial charge < -0.3 is 56.1 Å². The summed E-state index contributed by atoms with van der Waals surface area (Å²) in [7, 11) is -6.23. The summed E-state index contributed by atoms with van der Waals surface area (Å²) in [6.07, 6.45) is 18.4. The van der Waals surface area contributed by atoms with Crippen LogP contribution in [0.15, 0.2) is 148 Å². The lowest BCUT2D eigenvalue weighted by Crippen LogP contribution is -2.47. The maximum Gasteiger partial charge on any atom is 0.522 e. The van der Waals surface area contributed by atoms with Gasteiger partial charge in [-0.1, -0.05) is 126 Å². The van der Waals surface area contributed by atoms with Gasteiger partial charge in [-0.25, -0.2) is 0 Å². The molecule has 3 rings (SSSR count). The number of rotatable bonds is 37. The van der Waals surface area contributed by atoms with Gasteiger partial charge in [-0.3, -0.25) is 0 Å². The second kappa shape index (κ2) is 33.4. The van der Waals surface area contributed by atoms with E-state index in [0.717, 1.165) is 36.0 Å². The third-order valence-corrected chi connectivity index (χ3v) is 9.27. The van der Waals surface area contributed by atoms with E-state index in [2.05, 4.69) is 32.1 Å². The summed E-state index contributed by atoms with van der Waals surface area (Å²) in [5.41, 5.74) is 2.72. The summed E-state index contributed by atoms with van der Waals surface area (Å²) in [5, 5.41) is 21.2. The molecule has 0 atom stereocenters. The molecule has 0 saturated heterocycles. The lowest BCUT2D eigenvalue weighted by atomic mass is 9.65. The fourth-order valence-electron chi connectivity index (χ4n) is 6.15. The Kier molecular flexibility index (Phi) is 28.3. The van der Waals surface area contributed by atoms with Gasteiger partial charge in [0.05, 0.1) is 7.11 Å². The maximum absolute atomic E-state index is 10.6. The number of methoxy groups -OCH3 is 2. The fraction of sp³-hybridized carbons (Fsp3) is 0.302. The Balaban J connectivity index is 1.90. The molecule has 0 aliphatic rings. The molecule has 3 aromatic carbocycles. The summed E-state index contributed by atoms with van der Waals surface area (Å²) < 4.78 is 61.0. The molecule has 2 N–H and O–H groups in total. The van der Waals surface area contributed by atoms with Crippen molar-refractivity contribution in [3.8, 4) is 18.0 Å². The highest BCUT2D eigenvalue weighted by Crippen LogP contribution is 2.19. The third-order valence-electron chi connectivity index (χ3n) is 9.27. The Labute approximate surface area is 385 Å². The molecule has 21 heteroatoms. The molecule has 0 saturated carbocycles. The van der Waals surface area contributed by atoms with Crippen LogP contribution in [0.5, 0.6) is 5.75 Å². The van der Waals surface area contributed by atoms with Crippen LogP contribution in [0.1, 0.15) is 36.0 Å². The van der Waals surface area contributed by atoms with Crippen molar-refractivity contribution in [1.29, 1.82) is 0 Å². The van der Waals surface area contributed by atoms with Gasteiger partial charge in [-0.2, -0.15) is 0 Å². The molecule has 0 fully saturated rings. The molecule has 330 valence electrons. The van der Waals surface area contributed by atoms with Crippen molar-refractivity contribution in [1.82, 2.24) is 0 Å². The first-order valence-electron chi connectivity index (χ1n) is 21.6. The molecule has 0 amide bonds.